The van der Waals surface area contributed by atoms with Crippen LogP contribution < -0.4 is 34.3 Å². The Hall–Kier alpha value is -9.80. The number of nitrogens with zero attached hydrogens (tertiary/aromatic N) is 7. The molecule has 0 fully saturated rings. The zero-order chi connectivity index (χ0) is 61.4. The Labute approximate surface area is 537 Å². The maximum absolute atomic E-state index is 3.14. The van der Waals surface area contributed by atoms with Crippen molar-refractivity contribution in [2.75, 3.05) is 76.6 Å². The number of hydrogen-bond donors (Lipinski definition) is 0. The van der Waals surface area contributed by atoms with E-state index in [0.29, 0.717) is 0 Å². The Bertz CT molecular complexity index is 3810. The van der Waals surface area contributed by atoms with Crippen LogP contribution in [0.2, 0.25) is 0 Å². The van der Waals surface area contributed by atoms with Gasteiger partial charge in [0.1, 0.15) is 0 Å². The average molecular weight is 1240 g/mol. The van der Waals surface area contributed by atoms with E-state index in [0.717, 1.165) is 68.1 Å². The van der Waals surface area contributed by atoms with Gasteiger partial charge in [-0.3, -0.25) is 0 Å². The molecule has 8 heteroatoms. The monoisotopic (exact) mass is 1240 g/mol. The summed E-state index contributed by atoms with van der Waals surface area (Å²) >= 11 is 0. The SMILES string of the molecule is CC#Cc1ccc(N(c2ccc(C)cc2)c2ccc(C)cc2)cc1.CN(C)c1ccc(N(C)c2ccc(N(C)C)cc2)cc1.Cc1ccc(N(c2cc[c-]cc2)c2ccc(N(C)c3ccc(N(c4ccc(C)cc4)c4ccc(C)cc4)cc3)cc2)cc1.[Ru+]. The van der Waals surface area contributed by atoms with E-state index < -0.39 is 0 Å². The van der Waals surface area contributed by atoms with E-state index in [1.54, 1.807) is 0 Å². The van der Waals surface area contributed by atoms with Gasteiger partial charge in [-0.2, -0.15) is 18.2 Å². The quantitative estimate of drug-likeness (QED) is 0.0572. The summed E-state index contributed by atoms with van der Waals surface area (Å²) in [6.07, 6.45) is 0. The fourth-order valence-electron chi connectivity index (χ4n) is 10.1. The molecule has 0 amide bonds. The van der Waals surface area contributed by atoms with Gasteiger partial charge in [-0.25, -0.2) is 0 Å². The van der Waals surface area contributed by atoms with Crippen molar-refractivity contribution in [3.63, 3.8) is 0 Å². The molecule has 0 atom stereocenters. The molecule has 0 saturated carbocycles. The Morgan fingerprint density at radius 1 is 0.239 bits per heavy atom. The Kier molecular flexibility index (Phi) is 22.3. The summed E-state index contributed by atoms with van der Waals surface area (Å²) in [7, 11) is 12.4. The second-order valence-corrected chi connectivity index (χ2v) is 22.3. The molecule has 0 aliphatic rings. The van der Waals surface area contributed by atoms with Crippen LogP contribution in [0, 0.1) is 52.5 Å². The zero-order valence-electron chi connectivity index (χ0n) is 52.9. The average Bonchev–Trinajstić information content (AvgIpc) is 3.19. The van der Waals surface area contributed by atoms with Crippen molar-refractivity contribution in [2.45, 2.75) is 41.5 Å². The molecule has 11 aromatic rings. The maximum Gasteiger partial charge on any atom is 1.00 e. The van der Waals surface area contributed by atoms with Gasteiger partial charge in [0.2, 0.25) is 0 Å². The Balaban J connectivity index is 0.000000188. The first-order chi connectivity index (χ1) is 42.1. The predicted molar refractivity (Wildman–Crippen MR) is 376 cm³/mol. The number of anilines is 15. The first kappa shape index (κ1) is 64.2. The summed E-state index contributed by atoms with van der Waals surface area (Å²) in [6, 6.07) is 97.6. The molecule has 0 bridgehead atoms. The van der Waals surface area contributed by atoms with E-state index in [1.165, 1.54) is 50.6 Å². The van der Waals surface area contributed by atoms with Crippen molar-refractivity contribution >= 4 is 85.3 Å². The van der Waals surface area contributed by atoms with Crippen LogP contribution in [0.4, 0.5) is 85.3 Å². The van der Waals surface area contributed by atoms with E-state index in [1.807, 2.05) is 19.1 Å². The first-order valence-corrected chi connectivity index (χ1v) is 29.6. The zero-order valence-corrected chi connectivity index (χ0v) is 54.6. The van der Waals surface area contributed by atoms with Crippen molar-refractivity contribution in [3.8, 4) is 11.8 Å². The summed E-state index contributed by atoms with van der Waals surface area (Å²) in [4.78, 5) is 15.5. The second-order valence-electron chi connectivity index (χ2n) is 22.3. The first-order valence-electron chi connectivity index (χ1n) is 29.6. The minimum Gasteiger partial charge on any atom is -0.378 e. The molecule has 443 valence electrons. The third kappa shape index (κ3) is 16.6. The van der Waals surface area contributed by atoms with Gasteiger partial charge in [0.15, 0.2) is 0 Å². The summed E-state index contributed by atoms with van der Waals surface area (Å²) in [5.41, 5.74) is 24.5. The van der Waals surface area contributed by atoms with Gasteiger partial charge in [-0.1, -0.05) is 100 Å². The molecule has 0 heterocycles. The fraction of sp³-hybridized carbons (Fsp3) is 0.150. The van der Waals surface area contributed by atoms with Crippen LogP contribution in [0.25, 0.3) is 0 Å². The molecule has 11 rings (SSSR count). The molecular formula is C80H80N7Ru. The molecule has 0 aliphatic heterocycles. The number of rotatable bonds is 15. The van der Waals surface area contributed by atoms with Gasteiger partial charge >= 0.3 is 19.5 Å². The van der Waals surface area contributed by atoms with E-state index in [-0.39, 0.29) is 19.5 Å². The normalized spacial score (nSPS) is 10.3. The van der Waals surface area contributed by atoms with Crippen molar-refractivity contribution in [1.29, 1.82) is 0 Å². The van der Waals surface area contributed by atoms with Crippen LogP contribution in [-0.4, -0.2) is 42.3 Å². The summed E-state index contributed by atoms with van der Waals surface area (Å²) in [6.45, 7) is 12.4. The van der Waals surface area contributed by atoms with Crippen molar-refractivity contribution in [1.82, 2.24) is 0 Å². The molecule has 0 unspecified atom stereocenters. The van der Waals surface area contributed by atoms with Crippen molar-refractivity contribution < 1.29 is 19.5 Å². The molecule has 0 N–H and O–H groups in total. The molecule has 11 aromatic carbocycles. The molecule has 7 nitrogen and oxygen atoms in total. The summed E-state index contributed by atoms with van der Waals surface area (Å²) in [5, 5.41) is 0. The van der Waals surface area contributed by atoms with Crippen molar-refractivity contribution in [3.05, 3.63) is 306 Å². The van der Waals surface area contributed by atoms with Gasteiger partial charge in [0, 0.05) is 127 Å². The van der Waals surface area contributed by atoms with Gasteiger partial charge < -0.3 is 34.3 Å². The largest absolute Gasteiger partial charge is 1.00 e. The van der Waals surface area contributed by atoms with Gasteiger partial charge in [-0.15, -0.1) is 18.1 Å². The molecular weight excluding hydrogens is 1160 g/mol. The third-order valence-electron chi connectivity index (χ3n) is 15.3. The number of aryl methyl sites for hydroxylation is 5. The molecule has 1 radical (unpaired) electrons. The number of benzene rings is 11. The minimum atomic E-state index is 0. The molecule has 88 heavy (non-hydrogen) atoms. The van der Waals surface area contributed by atoms with E-state index >= 15 is 0 Å². The maximum atomic E-state index is 3.14. The predicted octanol–water partition coefficient (Wildman–Crippen LogP) is 20.8. The van der Waals surface area contributed by atoms with Gasteiger partial charge in [-0.05, 0) is 224 Å². The van der Waals surface area contributed by atoms with Crippen LogP contribution in [0.1, 0.15) is 40.3 Å². The third-order valence-corrected chi connectivity index (χ3v) is 15.3. The van der Waals surface area contributed by atoms with Crippen LogP contribution in [-0.2, 0) is 19.5 Å². The van der Waals surface area contributed by atoms with E-state index in [2.05, 4.69) is 384 Å². The Morgan fingerprint density at radius 2 is 0.420 bits per heavy atom. The summed E-state index contributed by atoms with van der Waals surface area (Å²) in [5.74, 6) is 6.04. The molecule has 0 aliphatic carbocycles. The fourth-order valence-corrected chi connectivity index (χ4v) is 10.1. The van der Waals surface area contributed by atoms with Crippen LogP contribution in [0.3, 0.4) is 0 Å². The topological polar surface area (TPSA) is 22.7 Å². The van der Waals surface area contributed by atoms with Gasteiger partial charge in [0.25, 0.3) is 0 Å². The number of hydrogen-bond acceptors (Lipinski definition) is 7. The van der Waals surface area contributed by atoms with Crippen molar-refractivity contribution in [2.24, 2.45) is 0 Å². The van der Waals surface area contributed by atoms with Gasteiger partial charge in [0.05, 0.1) is 0 Å². The minimum absolute atomic E-state index is 0. The van der Waals surface area contributed by atoms with Crippen LogP contribution >= 0.6 is 0 Å². The Morgan fingerprint density at radius 3 is 0.636 bits per heavy atom. The molecule has 0 saturated heterocycles. The van der Waals surface area contributed by atoms with Crippen LogP contribution in [0.5, 0.6) is 0 Å². The second kappa shape index (κ2) is 30.5. The van der Waals surface area contributed by atoms with E-state index in [4.69, 9.17) is 0 Å². The molecule has 0 aromatic heterocycles. The summed E-state index contributed by atoms with van der Waals surface area (Å²) < 4.78 is 0. The standard InChI is InChI=1S/C40H36N3.C23H21N.C17H23N3.Ru/c1-30-10-16-36(17-11-30)42(35-8-6-5-7-9-35)39-26-22-33(23-27-39)41(4)34-24-28-40(29-25-34)43(37-18-12-31(2)13-19-37)38-20-14-32(3)15-21-38;1-4-5-20-10-16-23(17-11-20)24(21-12-6-18(2)7-13-21)22-14-8-19(3)9-15-22;1-18(2)14-6-10-16(11-7-14)20(5)17-12-8-15(9-13-17)19(3)4;/h6-29H,1-4H3;6-17H,1-3H3;6-13H,1-5H3;/q-1;;;+1. The van der Waals surface area contributed by atoms with Crippen LogP contribution in [0.15, 0.2) is 267 Å². The molecule has 0 spiro atoms. The van der Waals surface area contributed by atoms with E-state index in [9.17, 15) is 0 Å². The smallest absolute Gasteiger partial charge is 0.378 e.